The summed E-state index contributed by atoms with van der Waals surface area (Å²) in [5, 5.41) is 0. The van der Waals surface area contributed by atoms with Gasteiger partial charge in [0.2, 0.25) is 0 Å². The Labute approximate surface area is 441 Å². The average Bonchev–Trinajstić information content (AvgIpc) is 3.37. The summed E-state index contributed by atoms with van der Waals surface area (Å²) in [6.07, 6.45) is 77.1. The maximum absolute atomic E-state index is 12.7. The van der Waals surface area contributed by atoms with Gasteiger partial charge in [0.05, 0.1) is 13.2 Å². The lowest BCUT2D eigenvalue weighted by Gasteiger charge is -2.19. The molecule has 412 valence electrons. The first-order valence-electron chi connectivity index (χ1n) is 28.9. The van der Waals surface area contributed by atoms with Gasteiger partial charge in [0.25, 0.3) is 0 Å². The van der Waals surface area contributed by atoms with Crippen molar-refractivity contribution in [1.82, 2.24) is 0 Å². The lowest BCUT2D eigenvalue weighted by atomic mass is 10.0. The van der Waals surface area contributed by atoms with Crippen molar-refractivity contribution >= 4 is 19.8 Å². The fourth-order valence-electron chi connectivity index (χ4n) is 7.69. The number of hydrogen-bond donors (Lipinski definition) is 2. The van der Waals surface area contributed by atoms with Crippen LogP contribution in [0.25, 0.3) is 0 Å². The molecule has 0 heterocycles. The third-order valence-corrected chi connectivity index (χ3v) is 12.9. The summed E-state index contributed by atoms with van der Waals surface area (Å²) < 4.78 is 33.0. The fourth-order valence-corrected chi connectivity index (χ4v) is 8.45. The Hall–Kier alpha value is -3.33. The zero-order chi connectivity index (χ0) is 52.4. The zero-order valence-corrected chi connectivity index (χ0v) is 46.8. The van der Waals surface area contributed by atoms with Crippen LogP contribution in [-0.4, -0.2) is 49.3 Å². The van der Waals surface area contributed by atoms with Crippen molar-refractivity contribution in [2.24, 2.45) is 5.73 Å². The van der Waals surface area contributed by atoms with Crippen molar-refractivity contribution in [3.63, 3.8) is 0 Å². The number of phosphoric ester groups is 1. The van der Waals surface area contributed by atoms with Gasteiger partial charge in [-0.1, -0.05) is 252 Å². The number of carbonyl (C=O) groups excluding carboxylic acids is 2. The Kier molecular flexibility index (Phi) is 54.3. The molecule has 0 fully saturated rings. The Morgan fingerprint density at radius 3 is 1.14 bits per heavy atom. The quantitative estimate of drug-likeness (QED) is 0.0264. The third kappa shape index (κ3) is 56.0. The summed E-state index contributed by atoms with van der Waals surface area (Å²) in [6.45, 7) is 3.60. The smallest absolute Gasteiger partial charge is 0.462 e. The second kappa shape index (κ2) is 57.0. The Morgan fingerprint density at radius 1 is 0.431 bits per heavy atom. The minimum atomic E-state index is -4.40. The van der Waals surface area contributed by atoms with Crippen LogP contribution in [0.3, 0.4) is 0 Å². The molecule has 9 nitrogen and oxygen atoms in total. The minimum Gasteiger partial charge on any atom is -0.462 e. The van der Waals surface area contributed by atoms with Crippen LogP contribution < -0.4 is 5.73 Å². The maximum atomic E-state index is 12.7. The molecule has 2 atom stereocenters. The van der Waals surface area contributed by atoms with E-state index in [9.17, 15) is 19.0 Å². The molecule has 0 aromatic rings. The topological polar surface area (TPSA) is 134 Å². The van der Waals surface area contributed by atoms with Gasteiger partial charge in [0.15, 0.2) is 6.10 Å². The number of hydrogen-bond acceptors (Lipinski definition) is 8. The van der Waals surface area contributed by atoms with Crippen molar-refractivity contribution in [2.75, 3.05) is 26.4 Å². The van der Waals surface area contributed by atoms with Crippen LogP contribution in [0.1, 0.15) is 239 Å². The van der Waals surface area contributed by atoms with E-state index in [1.165, 1.54) is 109 Å². The molecule has 0 saturated heterocycles. The average molecular weight is 1020 g/mol. The first-order chi connectivity index (χ1) is 35.3. The molecule has 0 amide bonds. The van der Waals surface area contributed by atoms with Crippen LogP contribution in [0.5, 0.6) is 0 Å². The van der Waals surface area contributed by atoms with Crippen LogP contribution in [-0.2, 0) is 32.7 Å². The molecule has 72 heavy (non-hydrogen) atoms. The van der Waals surface area contributed by atoms with Gasteiger partial charge in [0.1, 0.15) is 6.61 Å². The maximum Gasteiger partial charge on any atom is 0.472 e. The van der Waals surface area contributed by atoms with Crippen LogP contribution in [0.2, 0.25) is 0 Å². The molecule has 0 aliphatic rings. The van der Waals surface area contributed by atoms with Gasteiger partial charge in [-0.15, -0.1) is 0 Å². The van der Waals surface area contributed by atoms with Crippen molar-refractivity contribution in [3.8, 4) is 0 Å². The lowest BCUT2D eigenvalue weighted by molar-refractivity contribution is -0.161. The van der Waals surface area contributed by atoms with Gasteiger partial charge in [0, 0.05) is 19.4 Å². The van der Waals surface area contributed by atoms with E-state index in [0.717, 1.165) is 96.3 Å². The predicted molar refractivity (Wildman–Crippen MR) is 307 cm³/mol. The van der Waals surface area contributed by atoms with Crippen molar-refractivity contribution in [1.29, 1.82) is 0 Å². The number of unbranched alkanes of at least 4 members (excludes halogenated alkanes) is 22. The number of ether oxygens (including phenoxy) is 2. The number of rotatable bonds is 53. The van der Waals surface area contributed by atoms with E-state index in [2.05, 4.69) is 123 Å². The standard InChI is InChI=1S/C62H106NO8P/c1-3-5-7-9-11-13-15-17-19-21-23-25-26-27-28-29-30-31-32-33-34-35-37-39-41-43-45-47-49-51-53-55-62(65)71-60(59-70-72(66,67)69-57-56-63)58-68-61(64)54-52-50-48-46-44-42-40-38-36-24-22-20-18-16-14-12-10-8-6-4-2/h5,7,11,13,17,19,23,25,27-28,30-31,33-34,37,39,43,45,60H,3-4,6,8-10,12,14-16,18,20-22,24,26,29,32,35-36,38,40-42,44,46-59,63H2,1-2H3,(H,66,67)/b7-5-,13-11-,19-17-,25-23-,28-27-,31-30-,34-33-,39-37-,45-43-. The van der Waals surface area contributed by atoms with E-state index in [1.54, 1.807) is 0 Å². The molecule has 0 aliphatic carbocycles. The summed E-state index contributed by atoms with van der Waals surface area (Å²) in [7, 11) is -4.40. The summed E-state index contributed by atoms with van der Waals surface area (Å²) >= 11 is 0. The van der Waals surface area contributed by atoms with Crippen molar-refractivity contribution in [2.45, 2.75) is 245 Å². The highest BCUT2D eigenvalue weighted by Gasteiger charge is 2.26. The fraction of sp³-hybridized carbons (Fsp3) is 0.677. The molecule has 10 heteroatoms. The normalized spacial score (nSPS) is 13.9. The number of phosphoric acid groups is 1. The van der Waals surface area contributed by atoms with E-state index < -0.39 is 32.5 Å². The molecule has 0 aliphatic heterocycles. The molecule has 0 rings (SSSR count). The minimum absolute atomic E-state index is 0.0431. The molecule has 0 saturated carbocycles. The first kappa shape index (κ1) is 68.7. The highest BCUT2D eigenvalue weighted by atomic mass is 31.2. The molecule has 3 N–H and O–H groups in total. The van der Waals surface area contributed by atoms with Gasteiger partial charge in [-0.05, 0) is 83.5 Å². The summed E-state index contributed by atoms with van der Waals surface area (Å²) in [4.78, 5) is 35.2. The number of esters is 2. The summed E-state index contributed by atoms with van der Waals surface area (Å²) in [5.41, 5.74) is 5.38. The Balaban J connectivity index is 4.10. The predicted octanol–water partition coefficient (Wildman–Crippen LogP) is 18.2. The van der Waals surface area contributed by atoms with E-state index in [1.807, 2.05) is 0 Å². The molecular formula is C62H106NO8P. The number of allylic oxidation sites excluding steroid dienone is 18. The van der Waals surface area contributed by atoms with Gasteiger partial charge >= 0.3 is 19.8 Å². The lowest BCUT2D eigenvalue weighted by Crippen LogP contribution is -2.29. The van der Waals surface area contributed by atoms with E-state index in [0.29, 0.717) is 6.42 Å². The molecule has 0 radical (unpaired) electrons. The van der Waals surface area contributed by atoms with Crippen LogP contribution in [0.15, 0.2) is 109 Å². The zero-order valence-electron chi connectivity index (χ0n) is 45.9. The number of carbonyl (C=O) groups is 2. The molecule has 0 aromatic heterocycles. The summed E-state index contributed by atoms with van der Waals surface area (Å²) in [6, 6.07) is 0. The van der Waals surface area contributed by atoms with Gasteiger partial charge in [-0.2, -0.15) is 0 Å². The monoisotopic (exact) mass is 1020 g/mol. The van der Waals surface area contributed by atoms with Crippen LogP contribution in [0.4, 0.5) is 0 Å². The second-order valence-corrected chi connectivity index (χ2v) is 20.2. The summed E-state index contributed by atoms with van der Waals surface area (Å²) in [5.74, 6) is -0.866. The molecule has 0 bridgehead atoms. The molecular weight excluding hydrogens is 918 g/mol. The van der Waals surface area contributed by atoms with E-state index >= 15 is 0 Å². The Morgan fingerprint density at radius 2 is 0.764 bits per heavy atom. The largest absolute Gasteiger partial charge is 0.472 e. The number of nitrogens with two attached hydrogens (primary N) is 1. The highest BCUT2D eigenvalue weighted by molar-refractivity contribution is 7.47. The van der Waals surface area contributed by atoms with E-state index in [-0.39, 0.29) is 32.6 Å². The molecule has 0 aromatic carbocycles. The second-order valence-electron chi connectivity index (χ2n) is 18.8. The van der Waals surface area contributed by atoms with E-state index in [4.69, 9.17) is 24.3 Å². The SMILES string of the molecule is CC/C=C\C/C=C\C/C=C\C/C=C\C/C=C\C/C=C\C/C=C\C/C=C\C/C=C\CCCCCC(=O)OC(COC(=O)CCCCCCCCCCCCCCCCCCCCCC)COP(=O)(O)OCCN. The van der Waals surface area contributed by atoms with Gasteiger partial charge in [-0.25, -0.2) is 4.57 Å². The highest BCUT2D eigenvalue weighted by Crippen LogP contribution is 2.43. The molecule has 0 spiro atoms. The Bertz CT molecular complexity index is 1540. The van der Waals surface area contributed by atoms with Gasteiger partial charge < -0.3 is 20.1 Å². The van der Waals surface area contributed by atoms with Crippen molar-refractivity contribution in [3.05, 3.63) is 109 Å². The van der Waals surface area contributed by atoms with Crippen LogP contribution in [0, 0.1) is 0 Å². The van der Waals surface area contributed by atoms with Crippen molar-refractivity contribution < 1.29 is 37.6 Å². The molecule has 2 unspecified atom stereocenters. The first-order valence-corrected chi connectivity index (χ1v) is 30.4. The third-order valence-electron chi connectivity index (χ3n) is 11.9. The van der Waals surface area contributed by atoms with Crippen LogP contribution >= 0.6 is 7.82 Å². The van der Waals surface area contributed by atoms with Gasteiger partial charge in [-0.3, -0.25) is 18.6 Å².